The highest BCUT2D eigenvalue weighted by Gasteiger charge is 2.51. The molecule has 0 radical (unpaired) electrons. The topological polar surface area (TPSA) is 92.5 Å². The third-order valence-electron chi connectivity index (χ3n) is 7.65. The maximum atomic E-state index is 13.0. The molecular weight excluding hydrogens is 366 g/mol. The highest BCUT2D eigenvalue weighted by atomic mass is 16.2. The van der Waals surface area contributed by atoms with Crippen LogP contribution in [0.25, 0.3) is 0 Å². The van der Waals surface area contributed by atoms with Crippen LogP contribution in [0.15, 0.2) is 18.2 Å². The van der Waals surface area contributed by atoms with Gasteiger partial charge in [-0.3, -0.25) is 14.4 Å². The number of nitrogens with one attached hydrogen (secondary N) is 1. The van der Waals surface area contributed by atoms with Gasteiger partial charge in [0.05, 0.1) is 6.54 Å². The Balaban J connectivity index is 1.30. The molecule has 6 nitrogen and oxygen atoms in total. The number of hydrogen-bond acceptors (Lipinski definition) is 3. The van der Waals surface area contributed by atoms with Crippen LogP contribution in [-0.4, -0.2) is 35.7 Å². The lowest BCUT2D eigenvalue weighted by Gasteiger charge is -2.56. The first-order chi connectivity index (χ1) is 13.9. The number of carbonyl (C=O) groups is 3. The van der Waals surface area contributed by atoms with E-state index < -0.39 is 5.91 Å². The van der Waals surface area contributed by atoms with Crippen molar-refractivity contribution < 1.29 is 14.4 Å². The van der Waals surface area contributed by atoms with E-state index in [-0.39, 0.29) is 23.8 Å². The van der Waals surface area contributed by atoms with E-state index in [1.54, 1.807) is 12.1 Å². The molecule has 1 aromatic rings. The van der Waals surface area contributed by atoms with Crippen LogP contribution in [0.1, 0.15) is 60.9 Å². The molecule has 0 saturated heterocycles. The number of nitrogens with zero attached hydrogens (tertiary/aromatic N) is 1. The van der Waals surface area contributed by atoms with Crippen LogP contribution in [0.5, 0.6) is 0 Å². The number of amides is 3. The van der Waals surface area contributed by atoms with Gasteiger partial charge >= 0.3 is 0 Å². The number of primary amides is 1. The minimum absolute atomic E-state index is 0.0686. The van der Waals surface area contributed by atoms with E-state index in [0.717, 1.165) is 29.0 Å². The van der Waals surface area contributed by atoms with E-state index in [2.05, 4.69) is 5.32 Å². The van der Waals surface area contributed by atoms with Crippen LogP contribution in [0.3, 0.4) is 0 Å². The van der Waals surface area contributed by atoms with Crippen molar-refractivity contribution in [3.8, 4) is 0 Å². The Morgan fingerprint density at radius 2 is 1.76 bits per heavy atom. The number of carbonyl (C=O) groups excluding carboxylic acids is 3. The summed E-state index contributed by atoms with van der Waals surface area (Å²) in [7, 11) is 0. The van der Waals surface area contributed by atoms with Crippen LogP contribution in [0.2, 0.25) is 0 Å². The van der Waals surface area contributed by atoms with Crippen LogP contribution in [0, 0.1) is 23.2 Å². The molecule has 0 atom stereocenters. The first-order valence-corrected chi connectivity index (χ1v) is 10.9. The Labute approximate surface area is 171 Å². The zero-order valence-corrected chi connectivity index (χ0v) is 16.8. The summed E-state index contributed by atoms with van der Waals surface area (Å²) in [4.78, 5) is 38.4. The SMILES string of the molecule is NC(=O)CN1CCc2c(NC(=O)CC34CC5CC(CC(C5)C3)C4)cccc2C1=O. The minimum atomic E-state index is -0.512. The highest BCUT2D eigenvalue weighted by Crippen LogP contribution is 2.61. The summed E-state index contributed by atoms with van der Waals surface area (Å²) in [6, 6.07) is 5.44. The van der Waals surface area contributed by atoms with E-state index in [0.29, 0.717) is 24.9 Å². The van der Waals surface area contributed by atoms with Crippen LogP contribution < -0.4 is 11.1 Å². The lowest BCUT2D eigenvalue weighted by atomic mass is 9.49. The lowest BCUT2D eigenvalue weighted by Crippen LogP contribution is -2.47. The van der Waals surface area contributed by atoms with Crippen molar-refractivity contribution in [2.45, 2.75) is 51.4 Å². The number of nitrogens with two attached hydrogens (primary N) is 1. The molecule has 0 aromatic heterocycles. The molecule has 1 aromatic carbocycles. The van der Waals surface area contributed by atoms with Crippen LogP contribution in [0.4, 0.5) is 5.69 Å². The van der Waals surface area contributed by atoms with E-state index in [9.17, 15) is 14.4 Å². The van der Waals surface area contributed by atoms with Gasteiger partial charge in [0.15, 0.2) is 0 Å². The molecule has 4 aliphatic carbocycles. The Bertz CT molecular complexity index is 843. The third kappa shape index (κ3) is 3.43. The lowest BCUT2D eigenvalue weighted by molar-refractivity contribution is -0.124. The second-order valence-electron chi connectivity index (χ2n) is 9.92. The highest BCUT2D eigenvalue weighted by molar-refractivity contribution is 6.01. The first kappa shape index (κ1) is 18.6. The van der Waals surface area contributed by atoms with Crippen molar-refractivity contribution in [1.82, 2.24) is 4.90 Å². The Morgan fingerprint density at radius 3 is 2.38 bits per heavy atom. The van der Waals surface area contributed by atoms with Crippen LogP contribution >= 0.6 is 0 Å². The second kappa shape index (κ2) is 6.85. The Hall–Kier alpha value is -2.37. The predicted molar refractivity (Wildman–Crippen MR) is 109 cm³/mol. The fraction of sp³-hybridized carbons (Fsp3) is 0.609. The normalized spacial score (nSPS) is 32.2. The Kier molecular flexibility index (Phi) is 4.41. The summed E-state index contributed by atoms with van der Waals surface area (Å²) in [5, 5.41) is 3.12. The molecule has 154 valence electrons. The standard InChI is InChI=1S/C23H29N3O3/c24-20(27)13-26-5-4-17-18(22(26)29)2-1-3-19(17)25-21(28)12-23-9-14-6-15(10-23)8-16(7-14)11-23/h1-3,14-16H,4-13H2,(H2,24,27)(H,25,28). The quantitative estimate of drug-likeness (QED) is 0.803. The van der Waals surface area contributed by atoms with Crippen molar-refractivity contribution in [3.05, 3.63) is 29.3 Å². The van der Waals surface area contributed by atoms with Crippen molar-refractivity contribution in [2.75, 3.05) is 18.4 Å². The predicted octanol–water partition coefficient (Wildman–Crippen LogP) is 2.72. The fourth-order valence-electron chi connectivity index (χ4n) is 7.07. The van der Waals surface area contributed by atoms with E-state index in [1.807, 2.05) is 6.07 Å². The van der Waals surface area contributed by atoms with Crippen molar-refractivity contribution >= 4 is 23.4 Å². The number of benzene rings is 1. The zero-order chi connectivity index (χ0) is 20.2. The molecular formula is C23H29N3O3. The molecule has 1 aliphatic heterocycles. The monoisotopic (exact) mass is 395 g/mol. The number of fused-ring (bicyclic) bond motifs is 1. The molecule has 4 saturated carbocycles. The Morgan fingerprint density at radius 1 is 1.10 bits per heavy atom. The van der Waals surface area contributed by atoms with Gasteiger partial charge in [0.25, 0.3) is 5.91 Å². The first-order valence-electron chi connectivity index (χ1n) is 10.9. The molecule has 29 heavy (non-hydrogen) atoms. The molecule has 3 N–H and O–H groups in total. The van der Waals surface area contributed by atoms with Gasteiger partial charge in [-0.05, 0) is 85.8 Å². The molecule has 5 aliphatic rings. The van der Waals surface area contributed by atoms with Gasteiger partial charge in [0, 0.05) is 24.2 Å². The van der Waals surface area contributed by atoms with Gasteiger partial charge in [-0.1, -0.05) is 6.07 Å². The molecule has 1 heterocycles. The number of anilines is 1. The maximum absolute atomic E-state index is 13.0. The van der Waals surface area contributed by atoms with Gasteiger partial charge in [-0.15, -0.1) is 0 Å². The van der Waals surface area contributed by atoms with E-state index >= 15 is 0 Å². The minimum Gasteiger partial charge on any atom is -0.368 e. The third-order valence-corrected chi connectivity index (χ3v) is 7.65. The summed E-state index contributed by atoms with van der Waals surface area (Å²) >= 11 is 0. The summed E-state index contributed by atoms with van der Waals surface area (Å²) in [6.45, 7) is 0.373. The van der Waals surface area contributed by atoms with Crippen LogP contribution in [-0.2, 0) is 16.0 Å². The summed E-state index contributed by atoms with van der Waals surface area (Å²) < 4.78 is 0. The van der Waals surface area contributed by atoms with Gasteiger partial charge < -0.3 is 16.0 Å². The maximum Gasteiger partial charge on any atom is 0.254 e. The molecule has 6 heteroatoms. The molecule has 6 rings (SSSR count). The molecule has 0 unspecified atom stereocenters. The molecule has 0 spiro atoms. The van der Waals surface area contributed by atoms with Gasteiger partial charge in [0.1, 0.15) is 0 Å². The largest absolute Gasteiger partial charge is 0.368 e. The smallest absolute Gasteiger partial charge is 0.254 e. The fourth-order valence-corrected chi connectivity index (χ4v) is 7.07. The average molecular weight is 396 g/mol. The number of rotatable bonds is 5. The summed E-state index contributed by atoms with van der Waals surface area (Å²) in [6.07, 6.45) is 8.95. The molecule has 3 amide bonds. The molecule has 4 fully saturated rings. The second-order valence-corrected chi connectivity index (χ2v) is 9.92. The van der Waals surface area contributed by atoms with Crippen molar-refractivity contribution in [3.63, 3.8) is 0 Å². The van der Waals surface area contributed by atoms with Gasteiger partial charge in [0.2, 0.25) is 11.8 Å². The van der Waals surface area contributed by atoms with Crippen molar-refractivity contribution in [1.29, 1.82) is 0 Å². The van der Waals surface area contributed by atoms with Gasteiger partial charge in [-0.25, -0.2) is 0 Å². The van der Waals surface area contributed by atoms with E-state index in [1.165, 1.54) is 43.4 Å². The summed E-state index contributed by atoms with van der Waals surface area (Å²) in [5.74, 6) is 1.85. The molecule has 4 bridgehead atoms. The number of hydrogen-bond donors (Lipinski definition) is 2. The van der Waals surface area contributed by atoms with Gasteiger partial charge in [-0.2, -0.15) is 0 Å². The van der Waals surface area contributed by atoms with Crippen molar-refractivity contribution in [2.24, 2.45) is 28.9 Å². The average Bonchev–Trinajstić information content (AvgIpc) is 2.62. The zero-order valence-electron chi connectivity index (χ0n) is 16.8. The van der Waals surface area contributed by atoms with E-state index in [4.69, 9.17) is 5.73 Å². The summed E-state index contributed by atoms with van der Waals surface area (Å²) in [5.41, 5.74) is 7.62.